The van der Waals surface area contributed by atoms with Crippen LogP contribution >= 0.6 is 27.3 Å². The molecule has 1 aromatic heterocycles. The minimum absolute atomic E-state index is 0.273. The fraction of sp³-hybridized carbons (Fsp3) is 0.400. The van der Waals surface area contributed by atoms with Gasteiger partial charge in [-0.1, -0.05) is 29.8 Å². The number of methoxy groups -OCH3 is 1. The smallest absolute Gasteiger partial charge is 0.134 e. The van der Waals surface area contributed by atoms with Crippen molar-refractivity contribution >= 4 is 27.3 Å². The fourth-order valence-electron chi connectivity index (χ4n) is 1.85. The summed E-state index contributed by atoms with van der Waals surface area (Å²) in [5.74, 6) is -0.273. The second kappa shape index (κ2) is 7.45. The molecular weight excluding hydrogens is 355 g/mol. The van der Waals surface area contributed by atoms with E-state index in [4.69, 9.17) is 4.74 Å². The summed E-state index contributed by atoms with van der Waals surface area (Å²) in [4.78, 5) is 5.62. The molecule has 2 aromatic rings. The van der Waals surface area contributed by atoms with E-state index < -0.39 is 0 Å². The molecule has 0 aliphatic rings. The van der Waals surface area contributed by atoms with Gasteiger partial charge in [-0.2, -0.15) is 0 Å². The van der Waals surface area contributed by atoms with Gasteiger partial charge in [-0.3, -0.25) is 0 Å². The molecule has 0 saturated heterocycles. The van der Waals surface area contributed by atoms with Gasteiger partial charge in [0.15, 0.2) is 0 Å². The average Bonchev–Trinajstić information content (AvgIpc) is 2.80. The monoisotopic (exact) mass is 372 g/mol. The summed E-state index contributed by atoms with van der Waals surface area (Å²) in [6.07, 6.45) is 0. The van der Waals surface area contributed by atoms with Crippen molar-refractivity contribution in [2.75, 3.05) is 7.11 Å². The Labute approximate surface area is 136 Å². The van der Waals surface area contributed by atoms with Crippen molar-refractivity contribution in [3.8, 4) is 10.6 Å². The minimum Gasteiger partial charge on any atom is -0.378 e. The van der Waals surface area contributed by atoms with E-state index in [1.54, 1.807) is 13.2 Å². The first-order valence-corrected chi connectivity index (χ1v) is 8.28. The third-order valence-electron chi connectivity index (χ3n) is 2.89. The van der Waals surface area contributed by atoms with Crippen molar-refractivity contribution in [3.05, 3.63) is 39.1 Å². The third-order valence-corrected chi connectivity index (χ3v) is 4.52. The number of thiazole rings is 1. The highest BCUT2D eigenvalue weighted by Gasteiger charge is 2.15. The van der Waals surface area contributed by atoms with Crippen LogP contribution in [0.2, 0.25) is 0 Å². The number of nitrogens with one attached hydrogen (secondary N) is 1. The third kappa shape index (κ3) is 4.32. The van der Waals surface area contributed by atoms with Crippen LogP contribution in [0.1, 0.15) is 24.4 Å². The number of rotatable bonds is 6. The standard InChI is InChI=1S/C15H18BrFN2OS/c1-9(2)18-7-14-13(8-20-3)19-15(21-14)11-5-4-10(16)6-12(11)17/h4-6,9,18H,7-8H2,1-3H3. The maximum Gasteiger partial charge on any atom is 0.134 e. The van der Waals surface area contributed by atoms with Crippen LogP contribution in [-0.2, 0) is 17.9 Å². The maximum atomic E-state index is 14.1. The van der Waals surface area contributed by atoms with Gasteiger partial charge in [0.1, 0.15) is 10.8 Å². The van der Waals surface area contributed by atoms with Crippen molar-refractivity contribution in [2.24, 2.45) is 0 Å². The van der Waals surface area contributed by atoms with Crippen LogP contribution < -0.4 is 5.32 Å². The highest BCUT2D eigenvalue weighted by Crippen LogP contribution is 2.31. The lowest BCUT2D eigenvalue weighted by atomic mass is 10.2. The van der Waals surface area contributed by atoms with Crippen molar-refractivity contribution in [2.45, 2.75) is 33.0 Å². The molecule has 3 nitrogen and oxygen atoms in total. The quantitative estimate of drug-likeness (QED) is 0.817. The van der Waals surface area contributed by atoms with Gasteiger partial charge in [-0.15, -0.1) is 11.3 Å². The van der Waals surface area contributed by atoms with Crippen LogP contribution in [0.3, 0.4) is 0 Å². The first kappa shape index (κ1) is 16.5. The number of hydrogen-bond donors (Lipinski definition) is 1. The average molecular weight is 373 g/mol. The Kier molecular flexibility index (Phi) is 5.87. The summed E-state index contributed by atoms with van der Waals surface area (Å²) >= 11 is 4.77. The van der Waals surface area contributed by atoms with Crippen molar-refractivity contribution < 1.29 is 9.13 Å². The second-order valence-corrected chi connectivity index (χ2v) is 6.98. The summed E-state index contributed by atoms with van der Waals surface area (Å²) in [6, 6.07) is 5.41. The van der Waals surface area contributed by atoms with E-state index >= 15 is 0 Å². The van der Waals surface area contributed by atoms with E-state index in [-0.39, 0.29) is 5.82 Å². The lowest BCUT2D eigenvalue weighted by molar-refractivity contribution is 0.181. The van der Waals surface area contributed by atoms with E-state index in [9.17, 15) is 4.39 Å². The van der Waals surface area contributed by atoms with E-state index in [1.807, 2.05) is 6.07 Å². The zero-order chi connectivity index (χ0) is 15.4. The topological polar surface area (TPSA) is 34.1 Å². The predicted octanol–water partition coefficient (Wildman–Crippen LogP) is 4.36. The molecule has 0 spiro atoms. The van der Waals surface area contributed by atoms with Crippen molar-refractivity contribution in [1.82, 2.24) is 10.3 Å². The minimum atomic E-state index is -0.273. The molecule has 0 aliphatic carbocycles. The highest BCUT2D eigenvalue weighted by molar-refractivity contribution is 9.10. The first-order valence-electron chi connectivity index (χ1n) is 6.67. The summed E-state index contributed by atoms with van der Waals surface area (Å²) in [7, 11) is 1.64. The molecule has 0 saturated carbocycles. The number of benzene rings is 1. The molecule has 1 aromatic carbocycles. The molecule has 21 heavy (non-hydrogen) atoms. The Balaban J connectivity index is 2.33. The van der Waals surface area contributed by atoms with Gasteiger partial charge in [0.2, 0.25) is 0 Å². The summed E-state index contributed by atoms with van der Waals surface area (Å²) in [5, 5.41) is 4.05. The molecule has 1 heterocycles. The van der Waals surface area contributed by atoms with Gasteiger partial charge in [-0.05, 0) is 18.2 Å². The van der Waals surface area contributed by atoms with Gasteiger partial charge in [0.25, 0.3) is 0 Å². The highest BCUT2D eigenvalue weighted by atomic mass is 79.9. The molecule has 0 radical (unpaired) electrons. The molecule has 1 N–H and O–H groups in total. The number of nitrogens with zero attached hydrogens (tertiary/aromatic N) is 1. The Morgan fingerprint density at radius 3 is 2.81 bits per heavy atom. The lowest BCUT2D eigenvalue weighted by Crippen LogP contribution is -2.21. The van der Waals surface area contributed by atoms with Crippen LogP contribution in [0.25, 0.3) is 10.6 Å². The molecule has 6 heteroatoms. The van der Waals surface area contributed by atoms with E-state index in [1.165, 1.54) is 17.4 Å². The molecule has 0 fully saturated rings. The molecular formula is C15H18BrFN2OS. The largest absolute Gasteiger partial charge is 0.378 e. The van der Waals surface area contributed by atoms with E-state index in [2.05, 4.69) is 40.1 Å². The van der Waals surface area contributed by atoms with Crippen LogP contribution in [-0.4, -0.2) is 18.1 Å². The molecule has 2 rings (SSSR count). The number of halogens is 2. The van der Waals surface area contributed by atoms with E-state index in [0.29, 0.717) is 29.8 Å². The Morgan fingerprint density at radius 1 is 1.43 bits per heavy atom. The second-order valence-electron chi connectivity index (χ2n) is 4.98. The number of aromatic nitrogens is 1. The molecule has 114 valence electrons. The summed E-state index contributed by atoms with van der Waals surface area (Å²) in [6.45, 7) is 5.33. The summed E-state index contributed by atoms with van der Waals surface area (Å²) < 4.78 is 20.0. The van der Waals surface area contributed by atoms with E-state index in [0.717, 1.165) is 15.0 Å². The van der Waals surface area contributed by atoms with Gasteiger partial charge in [-0.25, -0.2) is 9.37 Å². The van der Waals surface area contributed by atoms with Gasteiger partial charge in [0, 0.05) is 34.6 Å². The van der Waals surface area contributed by atoms with Gasteiger partial charge < -0.3 is 10.1 Å². The molecule has 0 unspecified atom stereocenters. The summed E-state index contributed by atoms with van der Waals surface area (Å²) in [5.41, 5.74) is 1.39. The number of ether oxygens (including phenoxy) is 1. The predicted molar refractivity (Wildman–Crippen MR) is 87.9 cm³/mol. The van der Waals surface area contributed by atoms with Crippen molar-refractivity contribution in [3.63, 3.8) is 0 Å². The van der Waals surface area contributed by atoms with Crippen LogP contribution in [0.5, 0.6) is 0 Å². The zero-order valence-electron chi connectivity index (χ0n) is 12.2. The zero-order valence-corrected chi connectivity index (χ0v) is 14.6. The Hall–Kier alpha value is -0.820. The van der Waals surface area contributed by atoms with Crippen LogP contribution in [0.4, 0.5) is 4.39 Å². The van der Waals surface area contributed by atoms with Gasteiger partial charge >= 0.3 is 0 Å². The normalized spacial score (nSPS) is 11.3. The van der Waals surface area contributed by atoms with Gasteiger partial charge in [0.05, 0.1) is 12.3 Å². The molecule has 0 aliphatic heterocycles. The van der Waals surface area contributed by atoms with Crippen molar-refractivity contribution in [1.29, 1.82) is 0 Å². The lowest BCUT2D eigenvalue weighted by Gasteiger charge is -2.07. The molecule has 0 atom stereocenters. The Morgan fingerprint density at radius 2 is 2.19 bits per heavy atom. The maximum absolute atomic E-state index is 14.1. The first-order chi connectivity index (χ1) is 10.0. The number of hydrogen-bond acceptors (Lipinski definition) is 4. The fourth-order valence-corrected chi connectivity index (χ4v) is 3.22. The Bertz CT molecular complexity index is 616. The van der Waals surface area contributed by atoms with Crippen LogP contribution in [0.15, 0.2) is 22.7 Å². The molecule has 0 bridgehead atoms. The van der Waals surface area contributed by atoms with Crippen LogP contribution in [0, 0.1) is 5.82 Å². The molecule has 0 amide bonds. The SMILES string of the molecule is COCc1nc(-c2ccc(Br)cc2F)sc1CNC(C)C.